The van der Waals surface area contributed by atoms with Gasteiger partial charge in [-0.25, -0.2) is 4.98 Å². The lowest BCUT2D eigenvalue weighted by atomic mass is 9.94. The van der Waals surface area contributed by atoms with Crippen LogP contribution >= 0.6 is 0 Å². The monoisotopic (exact) mass is 436 g/mol. The van der Waals surface area contributed by atoms with E-state index in [0.717, 1.165) is 45.6 Å². The first-order valence-electron chi connectivity index (χ1n) is 11.5. The number of hydrogen-bond donors (Lipinski definition) is 0. The zero-order valence-corrected chi connectivity index (χ0v) is 18.8. The molecule has 0 aliphatic carbocycles. The summed E-state index contributed by atoms with van der Waals surface area (Å²) in [5.41, 5.74) is 1.57. The third-order valence-electron chi connectivity index (χ3n) is 6.35. The number of Topliss-reactive ketones (excluding diaryl/α,β-unsaturated/α-hetero) is 1. The van der Waals surface area contributed by atoms with Crippen molar-refractivity contribution in [1.29, 1.82) is 0 Å². The van der Waals surface area contributed by atoms with E-state index in [0.29, 0.717) is 31.2 Å². The van der Waals surface area contributed by atoms with Gasteiger partial charge in [-0.3, -0.25) is 19.4 Å². The second-order valence-corrected chi connectivity index (χ2v) is 8.72. The summed E-state index contributed by atoms with van der Waals surface area (Å²) in [5, 5.41) is 0. The van der Waals surface area contributed by atoms with Crippen LogP contribution in [-0.2, 0) is 11.3 Å². The molecule has 3 heterocycles. The third-order valence-corrected chi connectivity index (χ3v) is 6.35. The number of nitrogens with zero attached hydrogens (tertiary/aromatic N) is 4. The van der Waals surface area contributed by atoms with Gasteiger partial charge in [0.05, 0.1) is 6.54 Å². The standard InChI is InChI=1S/C25H32N4O3/c1-20(30)22-10-6-12-29(17-22)25(31)23-19-32-24(26-23)18-28-15-13-27(14-16-28)11-5-9-21-7-3-2-4-8-21/h2-5,7-9,19,22H,6,10-18H2,1H3/b9-5+/t22-/m0/s1. The van der Waals surface area contributed by atoms with E-state index < -0.39 is 0 Å². The lowest BCUT2D eigenvalue weighted by Gasteiger charge is -2.33. The molecule has 2 fully saturated rings. The van der Waals surface area contributed by atoms with Gasteiger partial charge in [-0.05, 0) is 25.3 Å². The highest BCUT2D eigenvalue weighted by molar-refractivity contribution is 5.92. The SMILES string of the molecule is CC(=O)[C@H]1CCCN(C(=O)c2coc(CN3CCN(C/C=C/c4ccccc4)CC3)n2)C1. The van der Waals surface area contributed by atoms with Crippen molar-refractivity contribution < 1.29 is 14.0 Å². The summed E-state index contributed by atoms with van der Waals surface area (Å²) in [6.07, 6.45) is 7.55. The van der Waals surface area contributed by atoms with E-state index >= 15 is 0 Å². The number of likely N-dealkylation sites (tertiary alicyclic amines) is 1. The minimum absolute atomic E-state index is 0.0575. The molecule has 7 nitrogen and oxygen atoms in total. The Bertz CT molecular complexity index is 932. The van der Waals surface area contributed by atoms with E-state index in [1.807, 2.05) is 6.07 Å². The van der Waals surface area contributed by atoms with Crippen LogP contribution in [0.4, 0.5) is 0 Å². The van der Waals surface area contributed by atoms with E-state index in [2.05, 4.69) is 51.2 Å². The zero-order chi connectivity index (χ0) is 22.3. The number of oxazole rings is 1. The number of rotatable bonds is 7. The van der Waals surface area contributed by atoms with Crippen molar-refractivity contribution in [2.45, 2.75) is 26.3 Å². The van der Waals surface area contributed by atoms with E-state index in [1.54, 1.807) is 11.8 Å². The molecule has 1 atom stereocenters. The highest BCUT2D eigenvalue weighted by Gasteiger charge is 2.28. The minimum atomic E-state index is -0.138. The van der Waals surface area contributed by atoms with Crippen LogP contribution in [0.2, 0.25) is 0 Å². The fourth-order valence-corrected chi connectivity index (χ4v) is 4.36. The zero-order valence-electron chi connectivity index (χ0n) is 18.8. The fraction of sp³-hybridized carbons (Fsp3) is 0.480. The number of aromatic nitrogens is 1. The maximum absolute atomic E-state index is 12.8. The molecule has 0 saturated carbocycles. The molecule has 0 unspecified atom stereocenters. The Balaban J connectivity index is 1.22. The maximum Gasteiger partial charge on any atom is 0.275 e. The van der Waals surface area contributed by atoms with Gasteiger partial charge in [0.1, 0.15) is 12.0 Å². The molecule has 1 amide bonds. The molecular weight excluding hydrogens is 404 g/mol. The highest BCUT2D eigenvalue weighted by Crippen LogP contribution is 2.19. The van der Waals surface area contributed by atoms with Crippen molar-refractivity contribution in [3.63, 3.8) is 0 Å². The van der Waals surface area contributed by atoms with Gasteiger partial charge in [-0.2, -0.15) is 0 Å². The van der Waals surface area contributed by atoms with Crippen LogP contribution in [0.5, 0.6) is 0 Å². The summed E-state index contributed by atoms with van der Waals surface area (Å²) in [7, 11) is 0. The van der Waals surface area contributed by atoms with Gasteiger partial charge < -0.3 is 9.32 Å². The highest BCUT2D eigenvalue weighted by atomic mass is 16.3. The summed E-state index contributed by atoms with van der Waals surface area (Å²) in [6, 6.07) is 10.3. The summed E-state index contributed by atoms with van der Waals surface area (Å²) < 4.78 is 5.60. The molecule has 32 heavy (non-hydrogen) atoms. The first-order valence-corrected chi connectivity index (χ1v) is 11.5. The van der Waals surface area contributed by atoms with Gasteiger partial charge in [0.2, 0.25) is 5.89 Å². The lowest BCUT2D eigenvalue weighted by molar-refractivity contribution is -0.122. The number of carbonyl (C=O) groups excluding carboxylic acids is 2. The molecule has 0 bridgehead atoms. The number of piperazine rings is 1. The van der Waals surface area contributed by atoms with Crippen LogP contribution in [0.1, 0.15) is 41.7 Å². The van der Waals surface area contributed by atoms with Crippen LogP contribution in [0.3, 0.4) is 0 Å². The smallest absolute Gasteiger partial charge is 0.275 e. The van der Waals surface area contributed by atoms with Gasteiger partial charge >= 0.3 is 0 Å². The van der Waals surface area contributed by atoms with Crippen LogP contribution < -0.4 is 0 Å². The normalized spacial score (nSPS) is 20.7. The first kappa shape index (κ1) is 22.4. The van der Waals surface area contributed by atoms with Gasteiger partial charge in [-0.15, -0.1) is 0 Å². The van der Waals surface area contributed by atoms with E-state index in [9.17, 15) is 9.59 Å². The third kappa shape index (κ3) is 5.93. The summed E-state index contributed by atoms with van der Waals surface area (Å²) in [5.74, 6) is 0.530. The van der Waals surface area contributed by atoms with Gasteiger partial charge in [0.25, 0.3) is 5.91 Å². The van der Waals surface area contributed by atoms with Crippen LogP contribution in [-0.4, -0.2) is 77.2 Å². The Morgan fingerprint density at radius 3 is 2.59 bits per heavy atom. The molecule has 2 aliphatic rings. The van der Waals surface area contributed by atoms with Crippen molar-refractivity contribution in [3.05, 3.63) is 59.8 Å². The van der Waals surface area contributed by atoms with Crippen LogP contribution in [0.15, 0.2) is 47.1 Å². The number of amides is 1. The summed E-state index contributed by atoms with van der Waals surface area (Å²) in [6.45, 7) is 8.18. The van der Waals surface area contributed by atoms with Crippen molar-refractivity contribution >= 4 is 17.8 Å². The van der Waals surface area contributed by atoms with Crippen LogP contribution in [0, 0.1) is 5.92 Å². The van der Waals surface area contributed by atoms with Gasteiger partial charge in [-0.1, -0.05) is 42.5 Å². The number of piperidine rings is 1. The molecule has 2 saturated heterocycles. The molecule has 7 heteroatoms. The molecule has 0 spiro atoms. The second kappa shape index (κ2) is 10.7. The molecule has 0 radical (unpaired) electrons. The Kier molecular flexibility index (Phi) is 7.50. The molecule has 170 valence electrons. The topological polar surface area (TPSA) is 69.9 Å². The van der Waals surface area contributed by atoms with Crippen molar-refractivity contribution in [1.82, 2.24) is 19.7 Å². The Morgan fingerprint density at radius 2 is 1.84 bits per heavy atom. The Morgan fingerprint density at radius 1 is 1.09 bits per heavy atom. The summed E-state index contributed by atoms with van der Waals surface area (Å²) in [4.78, 5) is 35.4. The quantitative estimate of drug-likeness (QED) is 0.665. The predicted octanol–water partition coefficient (Wildman–Crippen LogP) is 2.95. The van der Waals surface area contributed by atoms with Crippen LogP contribution in [0.25, 0.3) is 6.08 Å². The Hall–Kier alpha value is -2.77. The largest absolute Gasteiger partial charge is 0.447 e. The van der Waals surface area contributed by atoms with Crippen molar-refractivity contribution in [2.75, 3.05) is 45.8 Å². The average molecular weight is 437 g/mol. The van der Waals surface area contributed by atoms with Crippen molar-refractivity contribution in [3.8, 4) is 0 Å². The van der Waals surface area contributed by atoms with E-state index in [-0.39, 0.29) is 17.6 Å². The average Bonchev–Trinajstić information content (AvgIpc) is 3.29. The fourth-order valence-electron chi connectivity index (χ4n) is 4.36. The molecule has 4 rings (SSSR count). The molecule has 2 aromatic rings. The summed E-state index contributed by atoms with van der Waals surface area (Å²) >= 11 is 0. The second-order valence-electron chi connectivity index (χ2n) is 8.72. The lowest BCUT2D eigenvalue weighted by Crippen LogP contribution is -2.45. The van der Waals surface area contributed by atoms with E-state index in [4.69, 9.17) is 4.42 Å². The molecule has 1 aromatic heterocycles. The first-order chi connectivity index (χ1) is 15.6. The molecule has 2 aliphatic heterocycles. The van der Waals surface area contributed by atoms with E-state index in [1.165, 1.54) is 11.8 Å². The number of carbonyl (C=O) groups is 2. The molecular formula is C25H32N4O3. The number of benzene rings is 1. The van der Waals surface area contributed by atoms with Gasteiger partial charge in [0, 0.05) is 51.7 Å². The van der Waals surface area contributed by atoms with Crippen molar-refractivity contribution in [2.24, 2.45) is 5.92 Å². The molecule has 1 aromatic carbocycles. The van der Waals surface area contributed by atoms with Gasteiger partial charge in [0.15, 0.2) is 5.69 Å². The maximum atomic E-state index is 12.8. The minimum Gasteiger partial charge on any atom is -0.447 e. The number of hydrogen-bond acceptors (Lipinski definition) is 6. The molecule has 0 N–H and O–H groups in total. The number of ketones is 1. The predicted molar refractivity (Wildman–Crippen MR) is 123 cm³/mol. The Labute approximate surface area is 189 Å².